The number of hydrogen-bond acceptors (Lipinski definition) is 2. The van der Waals surface area contributed by atoms with Gasteiger partial charge < -0.3 is 9.73 Å². The van der Waals surface area contributed by atoms with Crippen LogP contribution in [0, 0.1) is 0 Å². The van der Waals surface area contributed by atoms with E-state index < -0.39 is 0 Å². The van der Waals surface area contributed by atoms with Crippen LogP contribution < -0.4 is 5.32 Å². The first-order valence-electron chi connectivity index (χ1n) is 8.00. The second-order valence-corrected chi connectivity index (χ2v) is 7.56. The minimum Gasteiger partial charge on any atom is -0.459 e. The summed E-state index contributed by atoms with van der Waals surface area (Å²) in [5, 5.41) is 4.76. The van der Waals surface area contributed by atoms with E-state index in [2.05, 4.69) is 72.0 Å². The summed E-state index contributed by atoms with van der Waals surface area (Å²) in [6.45, 7) is 16.3. The largest absolute Gasteiger partial charge is 0.459 e. The first-order chi connectivity index (χ1) is 9.71. The monoisotopic (exact) mass is 287 g/mol. The lowest BCUT2D eigenvalue weighted by molar-refractivity contribution is 0.473. The lowest BCUT2D eigenvalue weighted by Gasteiger charge is -2.19. The zero-order valence-electron chi connectivity index (χ0n) is 14.5. The molecule has 1 aromatic carbocycles. The minimum atomic E-state index is 0.0916. The van der Waals surface area contributed by atoms with E-state index >= 15 is 0 Å². The molecule has 1 N–H and O–H groups in total. The Morgan fingerprint density at radius 2 is 1.76 bits per heavy atom. The molecule has 2 heteroatoms. The second kappa shape index (κ2) is 5.84. The maximum absolute atomic E-state index is 6.31. The Kier molecular flexibility index (Phi) is 4.48. The van der Waals surface area contributed by atoms with Crippen molar-refractivity contribution in [2.45, 2.75) is 72.4 Å². The van der Waals surface area contributed by atoms with Gasteiger partial charge in [0.2, 0.25) is 0 Å². The number of benzene rings is 1. The Hall–Kier alpha value is -1.28. The smallest absolute Gasteiger partial charge is 0.138 e. The van der Waals surface area contributed by atoms with Crippen LogP contribution in [0.25, 0.3) is 11.0 Å². The molecule has 0 fully saturated rings. The van der Waals surface area contributed by atoms with Crippen molar-refractivity contribution in [1.29, 1.82) is 0 Å². The Morgan fingerprint density at radius 1 is 1.10 bits per heavy atom. The molecule has 2 nitrogen and oxygen atoms in total. The second-order valence-electron chi connectivity index (χ2n) is 7.56. The SMILES string of the molecule is CC(C)NCc1oc2c(C(C)(C)C)cccc2c1C(C)C. The lowest BCUT2D eigenvalue weighted by Crippen LogP contribution is -2.22. The molecule has 21 heavy (non-hydrogen) atoms. The Bertz CT molecular complexity index is 614. The molecule has 0 amide bonds. The van der Waals surface area contributed by atoms with Crippen molar-refractivity contribution in [3.8, 4) is 0 Å². The van der Waals surface area contributed by atoms with Crippen LogP contribution in [0.2, 0.25) is 0 Å². The molecule has 0 saturated heterocycles. The Labute approximate surface area is 128 Å². The summed E-state index contributed by atoms with van der Waals surface area (Å²) in [7, 11) is 0. The molecule has 0 saturated carbocycles. The van der Waals surface area contributed by atoms with Crippen LogP contribution in [0.3, 0.4) is 0 Å². The van der Waals surface area contributed by atoms with E-state index in [9.17, 15) is 0 Å². The van der Waals surface area contributed by atoms with Crippen LogP contribution in [0.1, 0.15) is 71.3 Å². The van der Waals surface area contributed by atoms with Gasteiger partial charge in [0.15, 0.2) is 0 Å². The summed E-state index contributed by atoms with van der Waals surface area (Å²) < 4.78 is 6.31. The van der Waals surface area contributed by atoms with Crippen molar-refractivity contribution < 1.29 is 4.42 Å². The van der Waals surface area contributed by atoms with Crippen molar-refractivity contribution in [1.82, 2.24) is 5.32 Å². The van der Waals surface area contributed by atoms with Crippen molar-refractivity contribution >= 4 is 11.0 Å². The fourth-order valence-corrected chi connectivity index (χ4v) is 2.84. The molecule has 0 bridgehead atoms. The number of hydrogen-bond donors (Lipinski definition) is 1. The lowest BCUT2D eigenvalue weighted by atomic mass is 9.85. The van der Waals surface area contributed by atoms with Gasteiger partial charge in [0.05, 0.1) is 6.54 Å². The summed E-state index contributed by atoms with van der Waals surface area (Å²) in [5.74, 6) is 1.55. The maximum atomic E-state index is 6.31. The van der Waals surface area contributed by atoms with Gasteiger partial charge in [0, 0.05) is 22.6 Å². The molecule has 0 aliphatic rings. The highest BCUT2D eigenvalue weighted by Crippen LogP contribution is 2.37. The average molecular weight is 287 g/mol. The summed E-state index contributed by atoms with van der Waals surface area (Å²) in [4.78, 5) is 0. The van der Waals surface area contributed by atoms with Crippen molar-refractivity contribution in [2.24, 2.45) is 0 Å². The molecule has 1 heterocycles. The Morgan fingerprint density at radius 3 is 2.29 bits per heavy atom. The minimum absolute atomic E-state index is 0.0916. The highest BCUT2D eigenvalue weighted by molar-refractivity contribution is 5.86. The van der Waals surface area contributed by atoms with Crippen LogP contribution in [0.4, 0.5) is 0 Å². The fourth-order valence-electron chi connectivity index (χ4n) is 2.84. The summed E-state index contributed by atoms with van der Waals surface area (Å²) in [6, 6.07) is 7.00. The third kappa shape index (κ3) is 3.32. The van der Waals surface area contributed by atoms with Crippen LogP contribution >= 0.6 is 0 Å². The molecular weight excluding hydrogens is 258 g/mol. The molecule has 0 unspecified atom stereocenters. The third-order valence-corrected chi connectivity index (χ3v) is 3.89. The van der Waals surface area contributed by atoms with Crippen LogP contribution in [0.15, 0.2) is 22.6 Å². The van der Waals surface area contributed by atoms with Crippen LogP contribution in [-0.4, -0.2) is 6.04 Å². The predicted octanol–water partition coefficient (Wildman–Crippen LogP) is 5.35. The molecular formula is C19H29NO. The molecule has 2 aromatic rings. The van der Waals surface area contributed by atoms with Gasteiger partial charge in [-0.1, -0.05) is 66.7 Å². The molecule has 2 rings (SSSR count). The number of fused-ring (bicyclic) bond motifs is 1. The van der Waals surface area contributed by atoms with Crippen molar-refractivity contribution in [3.05, 3.63) is 35.1 Å². The maximum Gasteiger partial charge on any atom is 0.138 e. The van der Waals surface area contributed by atoms with Crippen molar-refractivity contribution in [2.75, 3.05) is 0 Å². The fraction of sp³-hybridized carbons (Fsp3) is 0.579. The predicted molar refractivity (Wildman–Crippen MR) is 91.0 cm³/mol. The van der Waals surface area contributed by atoms with E-state index in [0.717, 1.165) is 17.9 Å². The number of nitrogens with one attached hydrogen (secondary N) is 1. The van der Waals surface area contributed by atoms with Gasteiger partial charge in [-0.25, -0.2) is 0 Å². The average Bonchev–Trinajstić information content (AvgIpc) is 2.72. The van der Waals surface area contributed by atoms with Crippen LogP contribution in [0.5, 0.6) is 0 Å². The van der Waals surface area contributed by atoms with Crippen LogP contribution in [-0.2, 0) is 12.0 Å². The molecule has 0 radical (unpaired) electrons. The number of rotatable bonds is 4. The van der Waals surface area contributed by atoms with Gasteiger partial charge in [0.1, 0.15) is 11.3 Å². The summed E-state index contributed by atoms with van der Waals surface area (Å²) in [5.41, 5.74) is 3.80. The van der Waals surface area contributed by atoms with E-state index in [1.165, 1.54) is 16.5 Å². The summed E-state index contributed by atoms with van der Waals surface area (Å²) >= 11 is 0. The van der Waals surface area contributed by atoms with E-state index in [1.54, 1.807) is 0 Å². The highest BCUT2D eigenvalue weighted by Gasteiger charge is 2.23. The summed E-state index contributed by atoms with van der Waals surface area (Å²) in [6.07, 6.45) is 0. The number of para-hydroxylation sites is 1. The normalized spacial score (nSPS) is 12.8. The zero-order chi connectivity index (χ0) is 15.8. The van der Waals surface area contributed by atoms with Gasteiger partial charge in [0.25, 0.3) is 0 Å². The van der Waals surface area contributed by atoms with Crippen molar-refractivity contribution in [3.63, 3.8) is 0 Å². The molecule has 0 atom stereocenters. The molecule has 1 aromatic heterocycles. The van der Waals surface area contributed by atoms with E-state index in [-0.39, 0.29) is 5.41 Å². The first kappa shape index (κ1) is 16.1. The topological polar surface area (TPSA) is 25.2 Å². The standard InChI is InChI=1S/C19H29NO/c1-12(2)17-14-9-8-10-15(19(5,6)7)18(14)21-16(17)11-20-13(3)4/h8-10,12-13,20H,11H2,1-7H3. The molecule has 0 aliphatic carbocycles. The zero-order valence-corrected chi connectivity index (χ0v) is 14.5. The van der Waals surface area contributed by atoms with Gasteiger partial charge in [-0.2, -0.15) is 0 Å². The van der Waals surface area contributed by atoms with Gasteiger partial charge in [-0.05, 0) is 11.3 Å². The van der Waals surface area contributed by atoms with E-state index in [0.29, 0.717) is 12.0 Å². The molecule has 116 valence electrons. The van der Waals surface area contributed by atoms with Gasteiger partial charge in [-0.3, -0.25) is 0 Å². The van der Waals surface area contributed by atoms with Gasteiger partial charge in [-0.15, -0.1) is 0 Å². The number of furan rings is 1. The Balaban J connectivity index is 2.61. The van der Waals surface area contributed by atoms with Gasteiger partial charge >= 0.3 is 0 Å². The molecule has 0 aliphatic heterocycles. The quantitative estimate of drug-likeness (QED) is 0.819. The first-order valence-corrected chi connectivity index (χ1v) is 8.00. The highest BCUT2D eigenvalue weighted by atomic mass is 16.3. The van der Waals surface area contributed by atoms with E-state index in [4.69, 9.17) is 4.42 Å². The molecule has 0 spiro atoms. The third-order valence-electron chi connectivity index (χ3n) is 3.89. The van der Waals surface area contributed by atoms with E-state index in [1.807, 2.05) is 0 Å².